The first-order valence-corrected chi connectivity index (χ1v) is 5.71. The summed E-state index contributed by atoms with van der Waals surface area (Å²) in [7, 11) is -4.15. The number of hydrogen-bond donors (Lipinski definition) is 1. The fraction of sp³-hybridized carbons (Fsp3) is 0. The Morgan fingerprint density at radius 1 is 1.00 bits per heavy atom. The van der Waals surface area contributed by atoms with Crippen LogP contribution in [0.15, 0.2) is 41.8 Å². The molecule has 0 atom stereocenters. The number of rotatable bonds is 2. The SMILES string of the molecule is O=S(=O)(O)c1ccc(-c2ncncn2)cc1.[H-].[H-].[Na+].[Na+]. The Morgan fingerprint density at radius 2 is 1.50 bits per heavy atom. The second-order valence-electron chi connectivity index (χ2n) is 2.96. The maximum Gasteiger partial charge on any atom is 1.00 e. The first-order chi connectivity index (χ1) is 7.57. The molecular formula is C9H9N3Na2O3S. The molecule has 1 heterocycles. The number of benzene rings is 1. The molecule has 0 aliphatic carbocycles. The van der Waals surface area contributed by atoms with E-state index in [2.05, 4.69) is 15.0 Å². The molecule has 2 rings (SSSR count). The molecule has 86 valence electrons. The summed E-state index contributed by atoms with van der Waals surface area (Å²) >= 11 is 0. The van der Waals surface area contributed by atoms with Crippen molar-refractivity contribution in [2.24, 2.45) is 0 Å². The zero-order chi connectivity index (χ0) is 11.6. The summed E-state index contributed by atoms with van der Waals surface area (Å²) in [4.78, 5) is 11.3. The largest absolute Gasteiger partial charge is 1.00 e. The monoisotopic (exact) mass is 285 g/mol. The normalized spacial score (nSPS) is 10.1. The van der Waals surface area contributed by atoms with E-state index in [0.29, 0.717) is 11.4 Å². The van der Waals surface area contributed by atoms with Crippen LogP contribution in [0.4, 0.5) is 0 Å². The van der Waals surface area contributed by atoms with Gasteiger partial charge in [-0.05, 0) is 24.3 Å². The van der Waals surface area contributed by atoms with Crippen molar-refractivity contribution in [1.29, 1.82) is 0 Å². The molecule has 0 spiro atoms. The van der Waals surface area contributed by atoms with Gasteiger partial charge in [0.05, 0.1) is 4.90 Å². The number of nitrogens with zero attached hydrogens (tertiary/aromatic N) is 3. The van der Waals surface area contributed by atoms with Gasteiger partial charge in [-0.3, -0.25) is 4.55 Å². The Bertz CT molecular complexity index is 600. The molecule has 0 aliphatic heterocycles. The van der Waals surface area contributed by atoms with E-state index >= 15 is 0 Å². The molecule has 18 heavy (non-hydrogen) atoms. The minimum atomic E-state index is -4.15. The van der Waals surface area contributed by atoms with Crippen LogP contribution in [0.5, 0.6) is 0 Å². The van der Waals surface area contributed by atoms with Crippen molar-refractivity contribution in [2.75, 3.05) is 0 Å². The Labute approximate surface area is 152 Å². The van der Waals surface area contributed by atoms with Crippen molar-refractivity contribution < 1.29 is 74.9 Å². The minimum Gasteiger partial charge on any atom is -1.00 e. The quantitative estimate of drug-likeness (QED) is 0.439. The Morgan fingerprint density at radius 3 is 1.94 bits per heavy atom. The molecule has 0 fully saturated rings. The van der Waals surface area contributed by atoms with E-state index in [1.54, 1.807) is 0 Å². The molecule has 2 aromatic rings. The minimum absolute atomic E-state index is 0. The fourth-order valence-corrected chi connectivity index (χ4v) is 1.64. The molecular weight excluding hydrogens is 276 g/mol. The Balaban J connectivity index is -0.000000722. The van der Waals surface area contributed by atoms with Gasteiger partial charge < -0.3 is 2.85 Å². The van der Waals surface area contributed by atoms with E-state index < -0.39 is 10.1 Å². The average molecular weight is 285 g/mol. The molecule has 9 heteroatoms. The van der Waals surface area contributed by atoms with Crippen LogP contribution >= 0.6 is 0 Å². The van der Waals surface area contributed by atoms with E-state index in [-0.39, 0.29) is 66.9 Å². The summed E-state index contributed by atoms with van der Waals surface area (Å²) in [5.41, 5.74) is 0.648. The summed E-state index contributed by atoms with van der Waals surface area (Å²) in [6.07, 6.45) is 2.69. The van der Waals surface area contributed by atoms with Crippen molar-refractivity contribution >= 4 is 10.1 Å². The predicted octanol–water partition coefficient (Wildman–Crippen LogP) is -4.98. The van der Waals surface area contributed by atoms with Crippen molar-refractivity contribution in [2.45, 2.75) is 4.90 Å². The van der Waals surface area contributed by atoms with E-state index in [9.17, 15) is 8.42 Å². The summed E-state index contributed by atoms with van der Waals surface area (Å²) in [5.74, 6) is 0.442. The molecule has 1 aromatic carbocycles. The van der Waals surface area contributed by atoms with Crippen LogP contribution in [0, 0.1) is 0 Å². The molecule has 0 bridgehead atoms. The van der Waals surface area contributed by atoms with Crippen molar-refractivity contribution in [1.82, 2.24) is 15.0 Å². The third-order valence-corrected chi connectivity index (χ3v) is 2.77. The van der Waals surface area contributed by atoms with E-state index in [1.165, 1.54) is 36.9 Å². The van der Waals surface area contributed by atoms with Crippen LogP contribution in [0.2, 0.25) is 0 Å². The molecule has 0 unspecified atom stereocenters. The molecule has 0 saturated carbocycles. The summed E-state index contributed by atoms with van der Waals surface area (Å²) in [5, 5.41) is 0. The number of aromatic nitrogens is 3. The van der Waals surface area contributed by atoms with Gasteiger partial charge in [0.15, 0.2) is 5.82 Å². The maximum absolute atomic E-state index is 10.8. The van der Waals surface area contributed by atoms with Crippen molar-refractivity contribution in [3.63, 3.8) is 0 Å². The Kier molecular flexibility index (Phi) is 7.72. The van der Waals surface area contributed by atoms with Gasteiger partial charge in [0.1, 0.15) is 12.7 Å². The zero-order valence-corrected chi connectivity index (χ0v) is 14.8. The summed E-state index contributed by atoms with van der Waals surface area (Å²) < 4.78 is 30.4. The van der Waals surface area contributed by atoms with Crippen LogP contribution in [-0.2, 0) is 10.1 Å². The molecule has 0 amide bonds. The second kappa shape index (κ2) is 7.66. The van der Waals surface area contributed by atoms with Gasteiger partial charge in [0.25, 0.3) is 10.1 Å². The molecule has 0 aliphatic rings. The smallest absolute Gasteiger partial charge is 1.00 e. The third kappa shape index (κ3) is 4.67. The zero-order valence-electron chi connectivity index (χ0n) is 12.0. The maximum atomic E-state index is 10.8. The van der Waals surface area contributed by atoms with Gasteiger partial charge in [-0.1, -0.05) is 0 Å². The standard InChI is InChI=1S/C9H7N3O3S.2Na.2H/c13-16(14,15)8-3-1-7(2-4-8)9-11-5-10-6-12-9;;;;/h1-6H,(H,13,14,15);;;;/q;2*+1;2*-1. The predicted molar refractivity (Wildman–Crippen MR) is 57.3 cm³/mol. The number of hydrogen-bond acceptors (Lipinski definition) is 5. The van der Waals surface area contributed by atoms with Gasteiger partial charge in [0.2, 0.25) is 0 Å². The third-order valence-electron chi connectivity index (χ3n) is 1.90. The first kappa shape index (κ1) is 18.1. The molecule has 0 saturated heterocycles. The molecule has 0 radical (unpaired) electrons. The van der Waals surface area contributed by atoms with Crippen LogP contribution < -0.4 is 59.1 Å². The molecule has 6 nitrogen and oxygen atoms in total. The fourth-order valence-electron chi connectivity index (χ4n) is 1.16. The van der Waals surface area contributed by atoms with Crippen molar-refractivity contribution in [3.05, 3.63) is 36.9 Å². The van der Waals surface area contributed by atoms with Crippen LogP contribution in [-0.4, -0.2) is 27.9 Å². The summed E-state index contributed by atoms with van der Waals surface area (Å²) in [6, 6.07) is 5.60. The van der Waals surface area contributed by atoms with Crippen LogP contribution in [0.25, 0.3) is 11.4 Å². The van der Waals surface area contributed by atoms with Gasteiger partial charge in [0, 0.05) is 5.56 Å². The van der Waals surface area contributed by atoms with Crippen LogP contribution in [0.3, 0.4) is 0 Å². The topological polar surface area (TPSA) is 93.0 Å². The molecule has 1 aromatic heterocycles. The average Bonchev–Trinajstić information content (AvgIpc) is 2.29. The van der Waals surface area contributed by atoms with E-state index in [1.807, 2.05) is 0 Å². The van der Waals surface area contributed by atoms with Gasteiger partial charge >= 0.3 is 59.1 Å². The van der Waals surface area contributed by atoms with E-state index in [4.69, 9.17) is 4.55 Å². The van der Waals surface area contributed by atoms with Crippen LogP contribution in [0.1, 0.15) is 2.85 Å². The summed E-state index contributed by atoms with van der Waals surface area (Å²) in [6.45, 7) is 0. The van der Waals surface area contributed by atoms with Gasteiger partial charge in [-0.15, -0.1) is 0 Å². The van der Waals surface area contributed by atoms with Crippen molar-refractivity contribution in [3.8, 4) is 11.4 Å². The van der Waals surface area contributed by atoms with Gasteiger partial charge in [-0.25, -0.2) is 15.0 Å². The Hall–Kier alpha value is 0.140. The second-order valence-corrected chi connectivity index (χ2v) is 4.38. The molecule has 1 N–H and O–H groups in total. The van der Waals surface area contributed by atoms with E-state index in [0.717, 1.165) is 0 Å². The van der Waals surface area contributed by atoms with Gasteiger partial charge in [-0.2, -0.15) is 8.42 Å². The first-order valence-electron chi connectivity index (χ1n) is 4.27.